The van der Waals surface area contributed by atoms with Gasteiger partial charge in [-0.15, -0.1) is 0 Å². The average Bonchev–Trinajstić information content (AvgIpc) is 2.76. The lowest BCUT2D eigenvalue weighted by Crippen LogP contribution is -2.33. The molecule has 1 atom stereocenters. The van der Waals surface area contributed by atoms with E-state index in [1.165, 1.54) is 22.3 Å². The standard InChI is InChI=1S/C16H17NS/c1-17-15(10-18)16-13-8-4-2-6-11(13)12-7-3-5-9-14(12)16/h2-9,15-18H,10H2,1H3. The first-order valence-corrected chi connectivity index (χ1v) is 6.96. The largest absolute Gasteiger partial charge is 0.315 e. The quantitative estimate of drug-likeness (QED) is 0.802. The first kappa shape index (κ1) is 11.8. The minimum absolute atomic E-state index is 0.373. The number of likely N-dealkylation sites (N-methyl/N-ethyl adjacent to an activating group) is 1. The summed E-state index contributed by atoms with van der Waals surface area (Å²) < 4.78 is 0. The molecule has 92 valence electrons. The number of hydrogen-bond acceptors (Lipinski definition) is 2. The predicted molar refractivity (Wildman–Crippen MR) is 80.4 cm³/mol. The van der Waals surface area contributed by atoms with Crippen molar-refractivity contribution in [2.24, 2.45) is 0 Å². The Morgan fingerprint density at radius 3 is 1.94 bits per heavy atom. The second-order valence-electron chi connectivity index (χ2n) is 4.73. The molecule has 0 amide bonds. The summed E-state index contributed by atoms with van der Waals surface area (Å²) in [6.07, 6.45) is 0. The van der Waals surface area contributed by atoms with Crippen LogP contribution in [0, 0.1) is 0 Å². The molecule has 0 aromatic heterocycles. The fourth-order valence-electron chi connectivity index (χ4n) is 2.99. The smallest absolute Gasteiger partial charge is 0.0263 e. The second kappa shape index (κ2) is 4.79. The van der Waals surface area contributed by atoms with Crippen molar-refractivity contribution >= 4 is 12.6 Å². The molecule has 0 saturated carbocycles. The third-order valence-electron chi connectivity index (χ3n) is 3.85. The Morgan fingerprint density at radius 1 is 1.00 bits per heavy atom. The van der Waals surface area contributed by atoms with Crippen LogP contribution in [0.2, 0.25) is 0 Å². The number of hydrogen-bond donors (Lipinski definition) is 2. The summed E-state index contributed by atoms with van der Waals surface area (Å²) in [6.45, 7) is 0. The van der Waals surface area contributed by atoms with Crippen molar-refractivity contribution in [3.63, 3.8) is 0 Å². The van der Waals surface area contributed by atoms with E-state index in [0.29, 0.717) is 12.0 Å². The molecule has 2 heteroatoms. The van der Waals surface area contributed by atoms with Crippen molar-refractivity contribution in [1.82, 2.24) is 5.32 Å². The van der Waals surface area contributed by atoms with Crippen molar-refractivity contribution < 1.29 is 0 Å². The van der Waals surface area contributed by atoms with E-state index in [4.69, 9.17) is 0 Å². The Balaban J connectivity index is 2.20. The topological polar surface area (TPSA) is 12.0 Å². The maximum atomic E-state index is 4.49. The summed E-state index contributed by atoms with van der Waals surface area (Å²) in [4.78, 5) is 0. The van der Waals surface area contributed by atoms with Crippen LogP contribution in [0.1, 0.15) is 17.0 Å². The third kappa shape index (κ3) is 1.68. The Morgan fingerprint density at radius 2 is 1.50 bits per heavy atom. The zero-order valence-electron chi connectivity index (χ0n) is 10.4. The SMILES string of the molecule is CNC(CS)C1c2ccccc2-c2ccccc21. The van der Waals surface area contributed by atoms with Gasteiger partial charge < -0.3 is 5.32 Å². The van der Waals surface area contributed by atoms with Gasteiger partial charge in [-0.3, -0.25) is 0 Å². The lowest BCUT2D eigenvalue weighted by Gasteiger charge is -2.23. The lowest BCUT2D eigenvalue weighted by molar-refractivity contribution is 0.563. The van der Waals surface area contributed by atoms with E-state index in [-0.39, 0.29) is 0 Å². The number of benzene rings is 2. The Bertz CT molecular complexity index is 515. The summed E-state index contributed by atoms with van der Waals surface area (Å²) in [6, 6.07) is 17.8. The van der Waals surface area contributed by atoms with Gasteiger partial charge in [-0.05, 0) is 29.3 Å². The number of rotatable bonds is 3. The summed E-state index contributed by atoms with van der Waals surface area (Å²) in [5.74, 6) is 1.25. The molecule has 1 aliphatic rings. The highest BCUT2D eigenvalue weighted by Gasteiger charge is 2.32. The Hall–Kier alpha value is -1.25. The van der Waals surface area contributed by atoms with Gasteiger partial charge in [-0.2, -0.15) is 12.6 Å². The fraction of sp³-hybridized carbons (Fsp3) is 0.250. The predicted octanol–water partition coefficient (Wildman–Crippen LogP) is 3.32. The molecule has 2 aromatic rings. The lowest BCUT2D eigenvalue weighted by atomic mass is 9.90. The van der Waals surface area contributed by atoms with Crippen LogP contribution in [0.25, 0.3) is 11.1 Å². The van der Waals surface area contributed by atoms with Crippen LogP contribution in [0.4, 0.5) is 0 Å². The third-order valence-corrected chi connectivity index (χ3v) is 4.25. The van der Waals surface area contributed by atoms with Gasteiger partial charge in [-0.25, -0.2) is 0 Å². The van der Waals surface area contributed by atoms with E-state index in [0.717, 1.165) is 5.75 Å². The highest BCUT2D eigenvalue weighted by molar-refractivity contribution is 7.80. The summed E-state index contributed by atoms with van der Waals surface area (Å²) >= 11 is 4.49. The second-order valence-corrected chi connectivity index (χ2v) is 5.10. The molecule has 0 aliphatic heterocycles. The van der Waals surface area contributed by atoms with Crippen LogP contribution in [-0.2, 0) is 0 Å². The first-order valence-electron chi connectivity index (χ1n) is 6.33. The van der Waals surface area contributed by atoms with Crippen LogP contribution >= 0.6 is 12.6 Å². The number of nitrogens with one attached hydrogen (secondary N) is 1. The van der Waals surface area contributed by atoms with Gasteiger partial charge >= 0.3 is 0 Å². The van der Waals surface area contributed by atoms with Crippen molar-refractivity contribution in [1.29, 1.82) is 0 Å². The molecule has 18 heavy (non-hydrogen) atoms. The summed E-state index contributed by atoms with van der Waals surface area (Å²) in [5.41, 5.74) is 5.60. The minimum Gasteiger partial charge on any atom is -0.315 e. The molecule has 0 spiro atoms. The monoisotopic (exact) mass is 255 g/mol. The number of thiol groups is 1. The zero-order valence-corrected chi connectivity index (χ0v) is 11.3. The van der Waals surface area contributed by atoms with E-state index in [2.05, 4.69) is 66.5 Å². The molecule has 1 N–H and O–H groups in total. The molecule has 0 bridgehead atoms. The average molecular weight is 255 g/mol. The van der Waals surface area contributed by atoms with E-state index < -0.39 is 0 Å². The molecule has 0 heterocycles. The van der Waals surface area contributed by atoms with Crippen molar-refractivity contribution in [2.75, 3.05) is 12.8 Å². The van der Waals surface area contributed by atoms with Gasteiger partial charge in [0.2, 0.25) is 0 Å². The highest BCUT2D eigenvalue weighted by atomic mass is 32.1. The van der Waals surface area contributed by atoms with Crippen molar-refractivity contribution in [3.05, 3.63) is 59.7 Å². The molecule has 1 nitrogen and oxygen atoms in total. The molecule has 0 fully saturated rings. The molecular weight excluding hydrogens is 238 g/mol. The van der Waals surface area contributed by atoms with Gasteiger partial charge in [0.25, 0.3) is 0 Å². The first-order chi connectivity index (χ1) is 8.86. The van der Waals surface area contributed by atoms with Gasteiger partial charge in [0, 0.05) is 17.7 Å². The Labute approximate surface area is 114 Å². The van der Waals surface area contributed by atoms with Gasteiger partial charge in [0.1, 0.15) is 0 Å². The molecule has 2 aromatic carbocycles. The summed E-state index contributed by atoms with van der Waals surface area (Å²) in [7, 11) is 2.02. The molecule has 1 unspecified atom stereocenters. The molecule has 0 radical (unpaired) electrons. The van der Waals surface area contributed by atoms with Gasteiger partial charge in [0.15, 0.2) is 0 Å². The van der Waals surface area contributed by atoms with Crippen LogP contribution in [-0.4, -0.2) is 18.8 Å². The van der Waals surface area contributed by atoms with Gasteiger partial charge in [-0.1, -0.05) is 48.5 Å². The molecule has 0 saturated heterocycles. The van der Waals surface area contributed by atoms with E-state index in [1.807, 2.05) is 7.05 Å². The van der Waals surface area contributed by atoms with Crippen LogP contribution in [0.3, 0.4) is 0 Å². The maximum Gasteiger partial charge on any atom is 0.0263 e. The van der Waals surface area contributed by atoms with Gasteiger partial charge in [0.05, 0.1) is 0 Å². The molecule has 3 rings (SSSR count). The van der Waals surface area contributed by atoms with Crippen LogP contribution < -0.4 is 5.32 Å². The normalized spacial score (nSPS) is 15.2. The molecule has 1 aliphatic carbocycles. The fourth-order valence-corrected chi connectivity index (χ4v) is 3.38. The minimum atomic E-state index is 0.373. The Kier molecular flexibility index (Phi) is 3.14. The van der Waals surface area contributed by atoms with E-state index in [9.17, 15) is 0 Å². The number of fused-ring (bicyclic) bond motifs is 3. The highest BCUT2D eigenvalue weighted by Crippen LogP contribution is 2.46. The maximum absolute atomic E-state index is 4.49. The van der Waals surface area contributed by atoms with Crippen molar-refractivity contribution in [3.8, 4) is 11.1 Å². The van der Waals surface area contributed by atoms with E-state index >= 15 is 0 Å². The zero-order chi connectivity index (χ0) is 12.5. The van der Waals surface area contributed by atoms with Crippen LogP contribution in [0.15, 0.2) is 48.5 Å². The summed E-state index contributed by atoms with van der Waals surface area (Å²) in [5, 5.41) is 3.40. The molecular formula is C16H17NS. The van der Waals surface area contributed by atoms with E-state index in [1.54, 1.807) is 0 Å². The van der Waals surface area contributed by atoms with Crippen LogP contribution in [0.5, 0.6) is 0 Å². The van der Waals surface area contributed by atoms with Crippen molar-refractivity contribution in [2.45, 2.75) is 12.0 Å².